The lowest BCUT2D eigenvalue weighted by molar-refractivity contribution is -0.122. The van der Waals surface area contributed by atoms with Crippen LogP contribution in [-0.4, -0.2) is 22.5 Å². The summed E-state index contributed by atoms with van der Waals surface area (Å²) in [4.78, 5) is 12.2. The average Bonchev–Trinajstić information content (AvgIpc) is 2.49. The van der Waals surface area contributed by atoms with Crippen LogP contribution in [0.5, 0.6) is 0 Å². The minimum Gasteiger partial charge on any atom is -0.409 e. The van der Waals surface area contributed by atoms with Gasteiger partial charge in [-0.05, 0) is 24.5 Å². The number of amidine groups is 1. The molecule has 21 heavy (non-hydrogen) atoms. The van der Waals surface area contributed by atoms with Crippen LogP contribution in [0.3, 0.4) is 0 Å². The second kappa shape index (κ2) is 6.56. The number of carbonyl (C=O) groups is 1. The molecule has 114 valence electrons. The van der Waals surface area contributed by atoms with E-state index in [1.807, 2.05) is 0 Å². The van der Waals surface area contributed by atoms with E-state index < -0.39 is 11.4 Å². The second-order valence-electron chi connectivity index (χ2n) is 5.44. The van der Waals surface area contributed by atoms with Gasteiger partial charge in [-0.25, -0.2) is 4.39 Å². The van der Waals surface area contributed by atoms with Crippen molar-refractivity contribution in [1.29, 1.82) is 0 Å². The summed E-state index contributed by atoms with van der Waals surface area (Å²) in [5, 5.41) is 14.9. The molecular formula is C15H20FN3O2. The molecule has 4 N–H and O–H groups in total. The van der Waals surface area contributed by atoms with Gasteiger partial charge in [0.2, 0.25) is 5.91 Å². The van der Waals surface area contributed by atoms with Gasteiger partial charge in [0, 0.05) is 0 Å². The molecule has 1 fully saturated rings. The van der Waals surface area contributed by atoms with Crippen LogP contribution in [0.15, 0.2) is 29.4 Å². The Labute approximate surface area is 123 Å². The highest BCUT2D eigenvalue weighted by Gasteiger charge is 2.38. The Kier molecular flexibility index (Phi) is 4.77. The molecule has 0 unspecified atom stereocenters. The summed E-state index contributed by atoms with van der Waals surface area (Å²) in [7, 11) is 0. The largest absolute Gasteiger partial charge is 0.409 e. The lowest BCUT2D eigenvalue weighted by Gasteiger charge is -2.36. The second-order valence-corrected chi connectivity index (χ2v) is 5.44. The van der Waals surface area contributed by atoms with Crippen molar-refractivity contribution in [3.63, 3.8) is 0 Å². The standard InChI is InChI=1S/C15H20FN3O2/c16-12-7-3-2-6-11(12)10-13(20)18-15(14(17)19-21)8-4-1-5-9-15/h2-3,6-7,21H,1,4-5,8-10H2,(H2,17,19)(H,18,20). The van der Waals surface area contributed by atoms with Crippen LogP contribution < -0.4 is 11.1 Å². The van der Waals surface area contributed by atoms with Gasteiger partial charge in [-0.2, -0.15) is 0 Å². The van der Waals surface area contributed by atoms with Crippen molar-refractivity contribution >= 4 is 11.7 Å². The molecule has 0 aromatic heterocycles. The first kappa shape index (κ1) is 15.3. The van der Waals surface area contributed by atoms with Crippen molar-refractivity contribution in [3.05, 3.63) is 35.6 Å². The van der Waals surface area contributed by atoms with Gasteiger partial charge >= 0.3 is 0 Å². The van der Waals surface area contributed by atoms with Crippen LogP contribution in [0, 0.1) is 5.82 Å². The number of carbonyl (C=O) groups excluding carboxylic acids is 1. The molecule has 5 nitrogen and oxygen atoms in total. The SMILES string of the molecule is N/C(=N/O)C1(NC(=O)Cc2ccccc2F)CCCCC1. The number of nitrogens with one attached hydrogen (secondary N) is 1. The molecule has 1 saturated carbocycles. The summed E-state index contributed by atoms with van der Waals surface area (Å²) in [6, 6.07) is 6.16. The van der Waals surface area contributed by atoms with Crippen LogP contribution >= 0.6 is 0 Å². The topological polar surface area (TPSA) is 87.7 Å². The van der Waals surface area contributed by atoms with Crippen molar-refractivity contribution in [3.8, 4) is 0 Å². The smallest absolute Gasteiger partial charge is 0.225 e. The molecule has 0 heterocycles. The highest BCUT2D eigenvalue weighted by Crippen LogP contribution is 2.28. The Morgan fingerprint density at radius 3 is 2.62 bits per heavy atom. The van der Waals surface area contributed by atoms with Gasteiger partial charge in [-0.1, -0.05) is 42.6 Å². The molecule has 0 radical (unpaired) electrons. The quantitative estimate of drug-likeness (QED) is 0.343. The molecule has 1 aliphatic carbocycles. The predicted octanol–water partition coefficient (Wildman–Crippen LogP) is 1.93. The van der Waals surface area contributed by atoms with E-state index >= 15 is 0 Å². The van der Waals surface area contributed by atoms with E-state index in [9.17, 15) is 9.18 Å². The van der Waals surface area contributed by atoms with E-state index in [-0.39, 0.29) is 18.2 Å². The summed E-state index contributed by atoms with van der Waals surface area (Å²) < 4.78 is 13.6. The third-order valence-electron chi connectivity index (χ3n) is 3.99. The Morgan fingerprint density at radius 2 is 2.00 bits per heavy atom. The Balaban J connectivity index is 2.10. The van der Waals surface area contributed by atoms with Gasteiger partial charge in [-0.15, -0.1) is 0 Å². The van der Waals surface area contributed by atoms with E-state index in [1.54, 1.807) is 18.2 Å². The van der Waals surface area contributed by atoms with E-state index in [0.717, 1.165) is 19.3 Å². The van der Waals surface area contributed by atoms with E-state index in [0.29, 0.717) is 18.4 Å². The van der Waals surface area contributed by atoms with Crippen LogP contribution in [0.1, 0.15) is 37.7 Å². The monoisotopic (exact) mass is 293 g/mol. The zero-order valence-electron chi connectivity index (χ0n) is 11.8. The fourth-order valence-corrected chi connectivity index (χ4v) is 2.82. The average molecular weight is 293 g/mol. The van der Waals surface area contributed by atoms with Gasteiger partial charge in [0.05, 0.1) is 6.42 Å². The third kappa shape index (κ3) is 3.51. The normalized spacial score (nSPS) is 18.2. The maximum absolute atomic E-state index is 13.6. The first-order valence-electron chi connectivity index (χ1n) is 7.10. The third-order valence-corrected chi connectivity index (χ3v) is 3.99. The Hall–Kier alpha value is -2.11. The summed E-state index contributed by atoms with van der Waals surface area (Å²) >= 11 is 0. The van der Waals surface area contributed by atoms with Crippen molar-refractivity contribution in [2.24, 2.45) is 10.9 Å². The first-order chi connectivity index (χ1) is 10.1. The maximum atomic E-state index is 13.6. The zero-order chi connectivity index (χ0) is 15.3. The highest BCUT2D eigenvalue weighted by molar-refractivity contribution is 5.94. The molecule has 1 aromatic carbocycles. The Bertz CT molecular complexity index is 539. The summed E-state index contributed by atoms with van der Waals surface area (Å²) in [5.74, 6) is -0.716. The summed E-state index contributed by atoms with van der Waals surface area (Å²) in [6.45, 7) is 0. The minimum absolute atomic E-state index is 0.0177. The molecule has 0 atom stereocenters. The molecule has 2 rings (SSSR count). The number of nitrogens with two attached hydrogens (primary N) is 1. The number of hydrogen-bond donors (Lipinski definition) is 3. The van der Waals surface area contributed by atoms with Gasteiger partial charge in [0.25, 0.3) is 0 Å². The molecule has 0 spiro atoms. The number of amides is 1. The van der Waals surface area contributed by atoms with Crippen LogP contribution in [0.2, 0.25) is 0 Å². The van der Waals surface area contributed by atoms with Crippen molar-refractivity contribution in [2.45, 2.75) is 44.1 Å². The molecule has 0 saturated heterocycles. The van der Waals surface area contributed by atoms with E-state index in [2.05, 4.69) is 10.5 Å². The van der Waals surface area contributed by atoms with E-state index in [1.165, 1.54) is 6.07 Å². The highest BCUT2D eigenvalue weighted by atomic mass is 19.1. The molecule has 6 heteroatoms. The fourth-order valence-electron chi connectivity index (χ4n) is 2.82. The number of hydrogen-bond acceptors (Lipinski definition) is 3. The molecule has 1 amide bonds. The molecular weight excluding hydrogens is 273 g/mol. The van der Waals surface area contributed by atoms with Crippen molar-refractivity contribution in [2.75, 3.05) is 0 Å². The number of benzene rings is 1. The van der Waals surface area contributed by atoms with Gasteiger partial charge in [0.15, 0.2) is 5.84 Å². The lowest BCUT2D eigenvalue weighted by Crippen LogP contribution is -2.58. The number of oxime groups is 1. The number of nitrogens with zero attached hydrogens (tertiary/aromatic N) is 1. The predicted molar refractivity (Wildman–Crippen MR) is 77.5 cm³/mol. The summed E-state index contributed by atoms with van der Waals surface area (Å²) in [5.41, 5.74) is 5.29. The Morgan fingerprint density at radius 1 is 1.33 bits per heavy atom. The van der Waals surface area contributed by atoms with Gasteiger partial charge in [0.1, 0.15) is 11.4 Å². The van der Waals surface area contributed by atoms with E-state index in [4.69, 9.17) is 10.9 Å². The van der Waals surface area contributed by atoms with Crippen LogP contribution in [0.25, 0.3) is 0 Å². The number of halogens is 1. The fraction of sp³-hybridized carbons (Fsp3) is 0.467. The lowest BCUT2D eigenvalue weighted by atomic mass is 9.80. The van der Waals surface area contributed by atoms with Crippen molar-refractivity contribution in [1.82, 2.24) is 5.32 Å². The van der Waals surface area contributed by atoms with Crippen molar-refractivity contribution < 1.29 is 14.4 Å². The molecule has 1 aliphatic rings. The zero-order valence-corrected chi connectivity index (χ0v) is 11.8. The van der Waals surface area contributed by atoms with Gasteiger partial charge in [-0.3, -0.25) is 4.79 Å². The minimum atomic E-state index is -0.810. The summed E-state index contributed by atoms with van der Waals surface area (Å²) in [6.07, 6.45) is 4.06. The van der Waals surface area contributed by atoms with Crippen LogP contribution in [0.4, 0.5) is 4.39 Å². The number of rotatable bonds is 4. The van der Waals surface area contributed by atoms with Crippen LogP contribution in [-0.2, 0) is 11.2 Å². The van der Waals surface area contributed by atoms with Gasteiger partial charge < -0.3 is 16.3 Å². The molecule has 0 bridgehead atoms. The molecule has 0 aliphatic heterocycles. The maximum Gasteiger partial charge on any atom is 0.225 e. The first-order valence-corrected chi connectivity index (χ1v) is 7.10. The molecule has 1 aromatic rings.